The molecule has 2 heterocycles. The highest BCUT2D eigenvalue weighted by molar-refractivity contribution is 5.37. The Balaban J connectivity index is 1.40. The summed E-state index contributed by atoms with van der Waals surface area (Å²) in [5, 5.41) is 0. The number of imidazole rings is 1. The fourth-order valence-electron chi connectivity index (χ4n) is 3.77. The molecule has 31 heavy (non-hydrogen) atoms. The van der Waals surface area contributed by atoms with Crippen molar-refractivity contribution in [2.45, 2.75) is 25.6 Å². The summed E-state index contributed by atoms with van der Waals surface area (Å²) in [6, 6.07) is 15.6. The molecule has 4 rings (SSSR count). The van der Waals surface area contributed by atoms with Gasteiger partial charge in [-0.2, -0.15) is 18.2 Å². The van der Waals surface area contributed by atoms with Gasteiger partial charge in [0.25, 0.3) is 0 Å². The molecule has 2 aromatic carbocycles. The van der Waals surface area contributed by atoms with Gasteiger partial charge >= 0.3 is 12.2 Å². The summed E-state index contributed by atoms with van der Waals surface area (Å²) in [6.45, 7) is 2.89. The highest BCUT2D eigenvalue weighted by Crippen LogP contribution is 2.32. The minimum Gasteiger partial charge on any atom is -0.464 e. The molecule has 0 N–H and O–H groups in total. The van der Waals surface area contributed by atoms with Crippen LogP contribution in [0.25, 0.3) is 5.69 Å². The van der Waals surface area contributed by atoms with E-state index in [1.54, 1.807) is 6.07 Å². The lowest BCUT2D eigenvalue weighted by molar-refractivity contribution is -0.141. The lowest BCUT2D eigenvalue weighted by atomic mass is 9.97. The number of ether oxygens (including phenoxy) is 1. The van der Waals surface area contributed by atoms with Gasteiger partial charge in [0.2, 0.25) is 0 Å². The minimum atomic E-state index is -4.64. The number of alkyl halides is 3. The van der Waals surface area contributed by atoms with Crippen molar-refractivity contribution < 1.29 is 22.3 Å². The predicted octanol–water partition coefficient (Wildman–Crippen LogP) is 5.32. The van der Waals surface area contributed by atoms with E-state index in [1.165, 1.54) is 23.8 Å². The van der Waals surface area contributed by atoms with Gasteiger partial charge in [-0.3, -0.25) is 9.47 Å². The lowest BCUT2D eigenvalue weighted by Crippen LogP contribution is -2.35. The second kappa shape index (κ2) is 9.09. The van der Waals surface area contributed by atoms with Crippen molar-refractivity contribution in [2.75, 3.05) is 19.7 Å². The van der Waals surface area contributed by atoms with E-state index in [9.17, 15) is 17.6 Å². The Morgan fingerprint density at radius 3 is 2.32 bits per heavy atom. The molecule has 0 saturated carbocycles. The Hall–Kier alpha value is -2.87. The quantitative estimate of drug-likeness (QED) is 0.493. The molecular weight excluding hydrogens is 410 g/mol. The monoisotopic (exact) mass is 433 g/mol. The highest BCUT2D eigenvalue weighted by Gasteiger charge is 2.36. The molecule has 8 heteroatoms. The molecule has 0 spiro atoms. The van der Waals surface area contributed by atoms with E-state index < -0.39 is 17.7 Å². The molecule has 164 valence electrons. The van der Waals surface area contributed by atoms with Gasteiger partial charge in [-0.15, -0.1) is 0 Å². The zero-order chi connectivity index (χ0) is 21.8. The van der Waals surface area contributed by atoms with Gasteiger partial charge in [0.1, 0.15) is 5.82 Å². The van der Waals surface area contributed by atoms with Crippen molar-refractivity contribution in [1.29, 1.82) is 0 Å². The topological polar surface area (TPSA) is 30.3 Å². The van der Waals surface area contributed by atoms with Gasteiger partial charge in [-0.1, -0.05) is 42.5 Å². The Labute approximate surface area is 178 Å². The fourth-order valence-corrected chi connectivity index (χ4v) is 3.77. The number of halogens is 4. The van der Waals surface area contributed by atoms with Crippen LogP contribution in [0.5, 0.6) is 6.01 Å². The Morgan fingerprint density at radius 2 is 1.65 bits per heavy atom. The average Bonchev–Trinajstić information content (AvgIpc) is 3.19. The maximum absolute atomic E-state index is 14.2. The molecule has 3 aromatic rings. The molecule has 1 aliphatic rings. The summed E-state index contributed by atoms with van der Waals surface area (Å²) < 4.78 is 60.5. The van der Waals surface area contributed by atoms with Crippen LogP contribution in [0.2, 0.25) is 0 Å². The maximum atomic E-state index is 14.2. The van der Waals surface area contributed by atoms with Crippen LogP contribution in [0, 0.1) is 11.7 Å². The first-order valence-electron chi connectivity index (χ1n) is 10.2. The molecule has 0 amide bonds. The largest absolute Gasteiger partial charge is 0.464 e. The number of rotatable bonds is 6. The zero-order valence-electron chi connectivity index (χ0n) is 16.9. The molecular formula is C23H23F4N3O. The van der Waals surface area contributed by atoms with Crippen LogP contribution in [-0.4, -0.2) is 34.1 Å². The zero-order valence-corrected chi connectivity index (χ0v) is 16.9. The predicted molar refractivity (Wildman–Crippen MR) is 108 cm³/mol. The van der Waals surface area contributed by atoms with Crippen LogP contribution in [0.4, 0.5) is 17.6 Å². The first kappa shape index (κ1) is 21.4. The molecule has 0 atom stereocenters. The number of hydrogen-bond donors (Lipinski definition) is 0. The maximum Gasteiger partial charge on any atom is 0.435 e. The third kappa shape index (κ3) is 5.25. The lowest BCUT2D eigenvalue weighted by Gasteiger charge is -2.31. The number of piperidine rings is 1. The molecule has 1 fully saturated rings. The molecule has 0 radical (unpaired) electrons. The molecule has 0 bridgehead atoms. The van der Waals surface area contributed by atoms with Gasteiger partial charge in [0.05, 0.1) is 12.3 Å². The average molecular weight is 433 g/mol. The summed E-state index contributed by atoms with van der Waals surface area (Å²) in [6.07, 6.45) is -2.12. The molecule has 1 aromatic heterocycles. The summed E-state index contributed by atoms with van der Waals surface area (Å²) in [7, 11) is 0. The van der Waals surface area contributed by atoms with Gasteiger partial charge in [-0.05, 0) is 49.5 Å². The van der Waals surface area contributed by atoms with E-state index in [0.29, 0.717) is 0 Å². The van der Waals surface area contributed by atoms with Crippen molar-refractivity contribution in [3.8, 4) is 11.7 Å². The summed E-state index contributed by atoms with van der Waals surface area (Å²) >= 11 is 0. The van der Waals surface area contributed by atoms with E-state index in [1.807, 2.05) is 18.2 Å². The first-order chi connectivity index (χ1) is 14.9. The van der Waals surface area contributed by atoms with E-state index in [4.69, 9.17) is 4.74 Å². The van der Waals surface area contributed by atoms with Crippen molar-refractivity contribution in [3.63, 3.8) is 0 Å². The van der Waals surface area contributed by atoms with Gasteiger partial charge < -0.3 is 4.74 Å². The van der Waals surface area contributed by atoms with E-state index in [2.05, 4.69) is 22.0 Å². The van der Waals surface area contributed by atoms with Gasteiger partial charge in [0, 0.05) is 12.7 Å². The van der Waals surface area contributed by atoms with Crippen LogP contribution >= 0.6 is 0 Å². The van der Waals surface area contributed by atoms with Crippen LogP contribution in [-0.2, 0) is 12.7 Å². The van der Waals surface area contributed by atoms with Crippen LogP contribution < -0.4 is 4.74 Å². The smallest absolute Gasteiger partial charge is 0.435 e. The van der Waals surface area contributed by atoms with Crippen molar-refractivity contribution in [1.82, 2.24) is 14.5 Å². The molecule has 0 aliphatic carbocycles. The minimum absolute atomic E-state index is 0.0295. The number of aromatic nitrogens is 2. The number of benzene rings is 2. The molecule has 4 nitrogen and oxygen atoms in total. The Bertz CT molecular complexity index is 996. The van der Waals surface area contributed by atoms with Gasteiger partial charge in [-0.25, -0.2) is 4.39 Å². The van der Waals surface area contributed by atoms with Crippen molar-refractivity contribution in [2.24, 2.45) is 5.92 Å². The third-order valence-electron chi connectivity index (χ3n) is 5.48. The number of nitrogens with zero attached hydrogens (tertiary/aromatic N) is 3. The fraction of sp³-hybridized carbons (Fsp3) is 0.348. The Kier molecular flexibility index (Phi) is 6.27. The van der Waals surface area contributed by atoms with Gasteiger partial charge in [0.15, 0.2) is 5.69 Å². The number of hydrogen-bond acceptors (Lipinski definition) is 3. The summed E-state index contributed by atoms with van der Waals surface area (Å²) in [4.78, 5) is 5.95. The molecule has 1 saturated heterocycles. The normalized spacial score (nSPS) is 15.9. The Morgan fingerprint density at radius 1 is 0.968 bits per heavy atom. The second-order valence-corrected chi connectivity index (χ2v) is 7.74. The van der Waals surface area contributed by atoms with E-state index >= 15 is 0 Å². The standard InChI is InChI=1S/C23H23F4N3O/c24-19-8-4-5-9-20(19)30-15-21(23(25,26)27)28-22(30)31-16-18-10-12-29(13-11-18)14-17-6-2-1-3-7-17/h1-9,15,18H,10-14,16H2. The second-order valence-electron chi connectivity index (χ2n) is 7.74. The van der Waals surface area contributed by atoms with Crippen molar-refractivity contribution >= 4 is 0 Å². The molecule has 0 unspecified atom stereocenters. The first-order valence-corrected chi connectivity index (χ1v) is 10.2. The van der Waals surface area contributed by atoms with E-state index in [0.717, 1.165) is 43.2 Å². The highest BCUT2D eigenvalue weighted by atomic mass is 19.4. The molecule has 1 aliphatic heterocycles. The SMILES string of the molecule is Fc1ccccc1-n1cc(C(F)(F)F)nc1OCC1CCN(Cc2ccccc2)CC1. The van der Waals surface area contributed by atoms with E-state index in [-0.39, 0.29) is 24.2 Å². The van der Waals surface area contributed by atoms with Crippen molar-refractivity contribution in [3.05, 3.63) is 77.9 Å². The van der Waals surface area contributed by atoms with Crippen LogP contribution in [0.3, 0.4) is 0 Å². The third-order valence-corrected chi connectivity index (χ3v) is 5.48. The summed E-state index contributed by atoms with van der Waals surface area (Å²) in [5.74, 6) is -0.445. The number of likely N-dealkylation sites (tertiary alicyclic amines) is 1. The number of para-hydroxylation sites is 1. The van der Waals surface area contributed by atoms with Crippen LogP contribution in [0.1, 0.15) is 24.1 Å². The van der Waals surface area contributed by atoms with Crippen LogP contribution in [0.15, 0.2) is 60.8 Å². The summed E-state index contributed by atoms with van der Waals surface area (Å²) in [5.41, 5.74) is 0.116.